The topological polar surface area (TPSA) is 132 Å². The van der Waals surface area contributed by atoms with Crippen LogP contribution >= 0.6 is 0 Å². The van der Waals surface area contributed by atoms with E-state index < -0.39 is 5.82 Å². The maximum absolute atomic E-state index is 17.0. The maximum atomic E-state index is 17.0. The van der Waals surface area contributed by atoms with Crippen LogP contribution in [0.4, 0.5) is 20.3 Å². The molecule has 5 aromatic rings. The molecule has 0 spiro atoms. The number of ether oxygens (including phenoxy) is 1. The van der Waals surface area contributed by atoms with Crippen molar-refractivity contribution in [3.8, 4) is 23.0 Å². The highest BCUT2D eigenvalue weighted by atomic mass is 19.1. The van der Waals surface area contributed by atoms with Gasteiger partial charge in [0.25, 0.3) is 0 Å². The molecule has 14 heteroatoms. The van der Waals surface area contributed by atoms with E-state index in [0.29, 0.717) is 64.3 Å². The molecular weight excluding hydrogens is 1040 g/mol. The molecule has 83 heavy (non-hydrogen) atoms. The Hall–Kier alpha value is -5.60. The summed E-state index contributed by atoms with van der Waals surface area (Å²) in [6, 6.07) is 12.7. The summed E-state index contributed by atoms with van der Waals surface area (Å²) in [6.07, 6.45) is 17.3. The molecule has 4 heterocycles. The number of aldehydes is 2. The lowest BCUT2D eigenvalue weighted by atomic mass is 9.91. The first kappa shape index (κ1) is 69.9. The second-order valence-electron chi connectivity index (χ2n) is 24.5. The van der Waals surface area contributed by atoms with Crippen LogP contribution in [0.15, 0.2) is 48.7 Å². The Balaban J connectivity index is 0.000000433. The van der Waals surface area contributed by atoms with E-state index in [1.165, 1.54) is 74.5 Å². The van der Waals surface area contributed by atoms with Crippen LogP contribution in [0.25, 0.3) is 32.9 Å². The van der Waals surface area contributed by atoms with E-state index >= 15 is 8.78 Å². The Morgan fingerprint density at radius 2 is 1.54 bits per heavy atom. The second-order valence-corrected chi connectivity index (χ2v) is 24.5. The molecule has 2 saturated heterocycles. The van der Waals surface area contributed by atoms with Crippen LogP contribution in [0.5, 0.6) is 11.8 Å². The zero-order valence-electron chi connectivity index (χ0n) is 53.7. The number of aromatic nitrogens is 3. The van der Waals surface area contributed by atoms with Crippen molar-refractivity contribution in [3.63, 3.8) is 0 Å². The van der Waals surface area contributed by atoms with Crippen LogP contribution in [0.2, 0.25) is 0 Å². The molecule has 8 rings (SSSR count). The molecule has 0 amide bonds. The number of hydrogen-bond donors (Lipinski definition) is 1. The molecule has 3 fully saturated rings. The minimum absolute atomic E-state index is 0.0191. The van der Waals surface area contributed by atoms with Gasteiger partial charge in [-0.2, -0.15) is 9.97 Å². The third-order valence-electron chi connectivity index (χ3n) is 16.6. The number of pyridine rings is 1. The van der Waals surface area contributed by atoms with Crippen LogP contribution in [0.1, 0.15) is 170 Å². The Bertz CT molecular complexity index is 2790. The summed E-state index contributed by atoms with van der Waals surface area (Å²) < 4.78 is 38.5. The Labute approximate surface area is 498 Å². The summed E-state index contributed by atoms with van der Waals surface area (Å²) in [4.78, 5) is 53.1. The van der Waals surface area contributed by atoms with Crippen molar-refractivity contribution in [2.75, 3.05) is 82.9 Å². The van der Waals surface area contributed by atoms with Crippen LogP contribution in [0.3, 0.4) is 0 Å². The number of piperazine rings is 1. The van der Waals surface area contributed by atoms with E-state index in [0.717, 1.165) is 109 Å². The van der Waals surface area contributed by atoms with Crippen molar-refractivity contribution in [1.82, 2.24) is 24.8 Å². The van der Waals surface area contributed by atoms with Gasteiger partial charge in [-0.05, 0) is 142 Å². The number of carbonyl (C=O) groups excluding carboxylic acids is 3. The van der Waals surface area contributed by atoms with Crippen molar-refractivity contribution in [1.29, 1.82) is 0 Å². The number of aromatic hydroxyl groups is 1. The zero-order chi connectivity index (χ0) is 61.4. The van der Waals surface area contributed by atoms with Crippen molar-refractivity contribution in [2.24, 2.45) is 35.0 Å². The first-order valence-corrected chi connectivity index (χ1v) is 31.4. The first-order valence-electron chi connectivity index (χ1n) is 31.4. The van der Waals surface area contributed by atoms with Crippen molar-refractivity contribution < 1.29 is 33.0 Å². The number of benzene rings is 3. The second kappa shape index (κ2) is 35.0. The van der Waals surface area contributed by atoms with E-state index in [9.17, 15) is 14.7 Å². The zero-order valence-corrected chi connectivity index (χ0v) is 53.7. The van der Waals surface area contributed by atoms with Crippen LogP contribution in [0, 0.1) is 60.5 Å². The molecule has 0 bridgehead atoms. The third-order valence-corrected chi connectivity index (χ3v) is 16.6. The highest BCUT2D eigenvalue weighted by Gasteiger charge is 2.45. The number of fused-ring (bicyclic) bond motifs is 2. The quantitative estimate of drug-likeness (QED) is 0.0662. The monoisotopic (exact) mass is 1150 g/mol. The number of piperidine rings is 1. The maximum Gasteiger partial charge on any atom is 0.319 e. The molecule has 2 aromatic heterocycles. The number of carbonyl (C=O) groups is 3. The van der Waals surface area contributed by atoms with Crippen LogP contribution in [-0.2, 0) is 20.8 Å². The molecular formula is C69H105F2N7O5. The van der Waals surface area contributed by atoms with E-state index in [2.05, 4.69) is 105 Å². The average molecular weight is 1150 g/mol. The van der Waals surface area contributed by atoms with Gasteiger partial charge in [0, 0.05) is 108 Å². The van der Waals surface area contributed by atoms with Crippen molar-refractivity contribution in [3.05, 3.63) is 77.0 Å². The number of aryl methyl sites for hydroxylation is 3. The molecule has 3 aromatic carbocycles. The SMILES string of the molecule is CC=O.CCC=O.CCCC(C)C(=O)C(C)C.CCCC(CCC(C)CC)CN1CCN(CC2(COc3nc(N4CCCC(C)C4)c4cnc(-c5cc(O)cc6ccc(F)c(CC)c56)c(F)c4n3)CC2)CC1.Cc1ccc(C)c(N(C)C)c1. The lowest BCUT2D eigenvalue weighted by molar-refractivity contribution is -0.125. The van der Waals surface area contributed by atoms with Crippen LogP contribution < -0.4 is 14.5 Å². The van der Waals surface area contributed by atoms with Gasteiger partial charge < -0.3 is 39.0 Å². The summed E-state index contributed by atoms with van der Waals surface area (Å²) in [5.74, 6) is 2.56. The molecule has 460 valence electrons. The van der Waals surface area contributed by atoms with Gasteiger partial charge in [-0.1, -0.05) is 113 Å². The smallest absolute Gasteiger partial charge is 0.319 e. The molecule has 0 radical (unpaired) electrons. The lowest BCUT2D eigenvalue weighted by Gasteiger charge is -2.38. The molecule has 1 aliphatic carbocycles. The number of phenols is 1. The molecule has 4 unspecified atom stereocenters. The van der Waals surface area contributed by atoms with Gasteiger partial charge in [-0.25, -0.2) is 8.78 Å². The molecule has 1 saturated carbocycles. The molecule has 1 N–H and O–H groups in total. The summed E-state index contributed by atoms with van der Waals surface area (Å²) in [5.41, 5.74) is 4.95. The highest BCUT2D eigenvalue weighted by Crippen LogP contribution is 2.47. The highest BCUT2D eigenvalue weighted by molar-refractivity contribution is 6.01. The average Bonchev–Trinajstić information content (AvgIpc) is 4.05. The number of ketones is 1. The van der Waals surface area contributed by atoms with E-state index in [1.54, 1.807) is 18.3 Å². The summed E-state index contributed by atoms with van der Waals surface area (Å²) in [5, 5.41) is 12.4. The summed E-state index contributed by atoms with van der Waals surface area (Å²) >= 11 is 0. The van der Waals surface area contributed by atoms with Crippen molar-refractivity contribution in [2.45, 2.75) is 173 Å². The number of anilines is 2. The number of halogens is 2. The predicted octanol–water partition coefficient (Wildman–Crippen LogP) is 15.5. The fourth-order valence-electron chi connectivity index (χ4n) is 11.4. The standard InChI is InChI=1S/C45H62F2N6O2.C10H15N.C9H18O.C3H6O.C2H4O/c1-6-10-32(13-12-30(4)7-2)27-51-19-21-52(22-20-51)28-45(16-17-45)29-55-44-49-42-37(43(50-44)53-18-9-11-31(5)26-53)25-48-41(40(42)47)36-24-34(54)23-33-14-15-38(46)35(8-3)39(33)36;1-8-5-6-9(2)10(7-8)11(3)4;1-5-6-8(4)9(10)7(2)3;1-2-3-4;1-2-3/h14-15,23-25,30-32,54H,6-13,16-22,26-29H2,1-5H3;5-7H,1-4H3;7-8H,5-6H2,1-4H3;3H,2H2,1H3;2H,1H3. The largest absolute Gasteiger partial charge is 0.508 e. The Morgan fingerprint density at radius 3 is 2.11 bits per heavy atom. The van der Waals surface area contributed by atoms with Gasteiger partial charge in [-0.3, -0.25) is 9.78 Å². The third kappa shape index (κ3) is 21.2. The van der Waals surface area contributed by atoms with E-state index in [1.807, 2.05) is 34.6 Å². The fourth-order valence-corrected chi connectivity index (χ4v) is 11.4. The normalized spacial score (nSPS) is 16.8. The van der Waals surface area contributed by atoms with Crippen molar-refractivity contribution >= 4 is 51.5 Å². The number of hydrogen-bond acceptors (Lipinski definition) is 12. The van der Waals surface area contributed by atoms with E-state index in [4.69, 9.17) is 19.5 Å². The number of nitrogens with zero attached hydrogens (tertiary/aromatic N) is 7. The number of phenolic OH excluding ortho intramolecular Hbond substituents is 1. The molecule has 3 aliphatic rings. The minimum atomic E-state index is -0.630. The summed E-state index contributed by atoms with van der Waals surface area (Å²) in [7, 11) is 4.14. The van der Waals surface area contributed by atoms with Gasteiger partial charge in [0.1, 0.15) is 47.0 Å². The molecule has 12 nitrogen and oxygen atoms in total. The van der Waals surface area contributed by atoms with Gasteiger partial charge in [0.2, 0.25) is 0 Å². The number of Topliss-reactive ketones (excluding diaryl/α,β-unsaturated/α-hetero) is 1. The van der Waals surface area contributed by atoms with Gasteiger partial charge >= 0.3 is 6.01 Å². The fraction of sp³-hybridized carbons (Fsp3) is 0.623. The van der Waals surface area contributed by atoms with Gasteiger partial charge in [-0.15, -0.1) is 0 Å². The number of rotatable bonds is 22. The van der Waals surface area contributed by atoms with E-state index in [-0.39, 0.29) is 46.0 Å². The molecule has 2 aliphatic heterocycles. The minimum Gasteiger partial charge on any atom is -0.508 e. The lowest BCUT2D eigenvalue weighted by Crippen LogP contribution is -2.49. The first-order chi connectivity index (χ1) is 39.6. The van der Waals surface area contributed by atoms with Crippen LogP contribution in [-0.4, -0.2) is 121 Å². The van der Waals surface area contributed by atoms with Gasteiger partial charge in [0.05, 0.1) is 12.0 Å². The predicted molar refractivity (Wildman–Crippen MR) is 341 cm³/mol. The van der Waals surface area contributed by atoms with Gasteiger partial charge in [0.15, 0.2) is 5.82 Å². The molecule has 4 atom stereocenters. The summed E-state index contributed by atoms with van der Waals surface area (Å²) in [6.45, 7) is 35.4. The Morgan fingerprint density at radius 1 is 0.880 bits per heavy atom. The Kier molecular flexibility index (Phi) is 29.5.